The smallest absolute Gasteiger partial charge is 0.123 e. The second-order valence-electron chi connectivity index (χ2n) is 4.17. The summed E-state index contributed by atoms with van der Waals surface area (Å²) in [6.07, 6.45) is 1.94. The molecule has 3 heteroatoms. The summed E-state index contributed by atoms with van der Waals surface area (Å²) < 4.78 is 5.65. The summed E-state index contributed by atoms with van der Waals surface area (Å²) in [6, 6.07) is 11.7. The van der Waals surface area contributed by atoms with Gasteiger partial charge in [0.1, 0.15) is 11.6 Å². The van der Waals surface area contributed by atoms with Crippen LogP contribution in [0.5, 0.6) is 5.75 Å². The summed E-state index contributed by atoms with van der Waals surface area (Å²) in [6.45, 7) is 4.02. The van der Waals surface area contributed by atoms with Crippen LogP contribution in [0.15, 0.2) is 42.6 Å². The highest BCUT2D eigenvalue weighted by Crippen LogP contribution is 2.24. The van der Waals surface area contributed by atoms with Gasteiger partial charge < -0.3 is 10.5 Å². The fourth-order valence-corrected chi connectivity index (χ4v) is 1.60. The van der Waals surface area contributed by atoms with E-state index in [0.29, 0.717) is 5.82 Å². The number of pyridine rings is 1. The second-order valence-corrected chi connectivity index (χ2v) is 4.17. The van der Waals surface area contributed by atoms with Gasteiger partial charge in [-0.25, -0.2) is 4.98 Å². The van der Waals surface area contributed by atoms with E-state index in [9.17, 15) is 0 Å². The molecule has 88 valence electrons. The Bertz CT molecular complexity index is 492. The molecule has 0 fully saturated rings. The number of ether oxygens (including phenoxy) is 1. The van der Waals surface area contributed by atoms with Crippen molar-refractivity contribution < 1.29 is 4.74 Å². The highest BCUT2D eigenvalue weighted by molar-refractivity contribution is 5.65. The van der Waals surface area contributed by atoms with Crippen molar-refractivity contribution in [3.05, 3.63) is 42.6 Å². The molecule has 1 heterocycles. The molecule has 0 spiro atoms. The molecule has 2 aromatic rings. The molecule has 0 radical (unpaired) electrons. The Morgan fingerprint density at radius 3 is 2.59 bits per heavy atom. The number of hydrogen-bond donors (Lipinski definition) is 1. The van der Waals surface area contributed by atoms with Gasteiger partial charge in [0.2, 0.25) is 0 Å². The number of rotatable bonds is 3. The summed E-state index contributed by atoms with van der Waals surface area (Å²) in [4.78, 5) is 4.08. The molecule has 0 unspecified atom stereocenters. The Hall–Kier alpha value is -2.03. The Kier molecular flexibility index (Phi) is 3.28. The second kappa shape index (κ2) is 4.87. The van der Waals surface area contributed by atoms with E-state index in [1.165, 1.54) is 0 Å². The Morgan fingerprint density at radius 1 is 1.12 bits per heavy atom. The molecular weight excluding hydrogens is 212 g/mol. The molecule has 2 rings (SSSR count). The zero-order chi connectivity index (χ0) is 12.3. The average molecular weight is 228 g/mol. The summed E-state index contributed by atoms with van der Waals surface area (Å²) in [5.74, 6) is 1.40. The maximum absolute atomic E-state index is 5.65. The third-order valence-corrected chi connectivity index (χ3v) is 2.33. The van der Waals surface area contributed by atoms with Gasteiger partial charge >= 0.3 is 0 Å². The van der Waals surface area contributed by atoms with Crippen molar-refractivity contribution >= 4 is 5.82 Å². The van der Waals surface area contributed by atoms with Crippen LogP contribution in [0.2, 0.25) is 0 Å². The maximum Gasteiger partial charge on any atom is 0.123 e. The fourth-order valence-electron chi connectivity index (χ4n) is 1.60. The van der Waals surface area contributed by atoms with E-state index in [1.807, 2.05) is 44.2 Å². The van der Waals surface area contributed by atoms with E-state index in [0.717, 1.165) is 16.9 Å². The Labute approximate surface area is 101 Å². The van der Waals surface area contributed by atoms with Crippen molar-refractivity contribution in [2.45, 2.75) is 20.0 Å². The molecule has 0 bridgehead atoms. The van der Waals surface area contributed by atoms with E-state index in [1.54, 1.807) is 12.3 Å². The van der Waals surface area contributed by atoms with Crippen LogP contribution in [-0.2, 0) is 0 Å². The van der Waals surface area contributed by atoms with Crippen molar-refractivity contribution in [2.24, 2.45) is 0 Å². The molecule has 0 saturated carbocycles. The lowest BCUT2D eigenvalue weighted by Crippen LogP contribution is -2.05. The van der Waals surface area contributed by atoms with Gasteiger partial charge in [-0.1, -0.05) is 12.1 Å². The van der Waals surface area contributed by atoms with Gasteiger partial charge in [0.25, 0.3) is 0 Å². The summed E-state index contributed by atoms with van der Waals surface area (Å²) in [7, 11) is 0. The van der Waals surface area contributed by atoms with Crippen LogP contribution in [-0.4, -0.2) is 11.1 Å². The molecule has 0 aliphatic heterocycles. The Balaban J connectivity index is 2.29. The third kappa shape index (κ3) is 2.97. The van der Waals surface area contributed by atoms with E-state index in [4.69, 9.17) is 10.5 Å². The average Bonchev–Trinajstić information content (AvgIpc) is 2.29. The van der Waals surface area contributed by atoms with Gasteiger partial charge in [0.05, 0.1) is 6.10 Å². The molecule has 3 nitrogen and oxygen atoms in total. The van der Waals surface area contributed by atoms with Gasteiger partial charge in [0, 0.05) is 11.8 Å². The molecule has 0 aliphatic rings. The van der Waals surface area contributed by atoms with Crippen LogP contribution in [0.3, 0.4) is 0 Å². The number of nitrogens with zero attached hydrogens (tertiary/aromatic N) is 1. The van der Waals surface area contributed by atoms with Crippen molar-refractivity contribution in [3.8, 4) is 16.9 Å². The largest absolute Gasteiger partial charge is 0.491 e. The van der Waals surface area contributed by atoms with E-state index >= 15 is 0 Å². The monoisotopic (exact) mass is 228 g/mol. The molecule has 0 atom stereocenters. The molecule has 1 aromatic carbocycles. The van der Waals surface area contributed by atoms with Crippen molar-refractivity contribution in [1.82, 2.24) is 4.98 Å². The van der Waals surface area contributed by atoms with Gasteiger partial charge in [-0.3, -0.25) is 0 Å². The topological polar surface area (TPSA) is 48.1 Å². The van der Waals surface area contributed by atoms with Crippen LogP contribution in [0.4, 0.5) is 5.82 Å². The first kappa shape index (κ1) is 11.5. The van der Waals surface area contributed by atoms with Gasteiger partial charge in [-0.05, 0) is 43.7 Å². The lowest BCUT2D eigenvalue weighted by Gasteiger charge is -2.10. The molecule has 0 amide bonds. The molecule has 2 N–H and O–H groups in total. The summed E-state index contributed by atoms with van der Waals surface area (Å²) in [5, 5.41) is 0. The van der Waals surface area contributed by atoms with E-state index < -0.39 is 0 Å². The highest BCUT2D eigenvalue weighted by Gasteiger charge is 2.02. The lowest BCUT2D eigenvalue weighted by molar-refractivity contribution is 0.242. The zero-order valence-electron chi connectivity index (χ0n) is 10.1. The van der Waals surface area contributed by atoms with Crippen molar-refractivity contribution in [3.63, 3.8) is 0 Å². The quantitative estimate of drug-likeness (QED) is 0.878. The van der Waals surface area contributed by atoms with E-state index in [-0.39, 0.29) is 6.10 Å². The summed E-state index contributed by atoms with van der Waals surface area (Å²) in [5.41, 5.74) is 7.68. The maximum atomic E-state index is 5.65. The molecule has 17 heavy (non-hydrogen) atoms. The standard InChI is InChI=1S/C14H16N2O/c1-10(2)17-13-5-3-4-11(8-13)12-6-7-14(15)16-9-12/h3-10H,1-2H3,(H2,15,16). The fraction of sp³-hybridized carbons (Fsp3) is 0.214. The van der Waals surface area contributed by atoms with Crippen LogP contribution in [0.1, 0.15) is 13.8 Å². The predicted molar refractivity (Wildman–Crippen MR) is 69.8 cm³/mol. The Morgan fingerprint density at radius 2 is 1.94 bits per heavy atom. The molecular formula is C14H16N2O. The first-order chi connectivity index (χ1) is 8.15. The van der Waals surface area contributed by atoms with Crippen LogP contribution >= 0.6 is 0 Å². The van der Waals surface area contributed by atoms with Gasteiger partial charge in [0.15, 0.2) is 0 Å². The van der Waals surface area contributed by atoms with Crippen LogP contribution < -0.4 is 10.5 Å². The van der Waals surface area contributed by atoms with Crippen molar-refractivity contribution in [1.29, 1.82) is 0 Å². The highest BCUT2D eigenvalue weighted by atomic mass is 16.5. The predicted octanol–water partition coefficient (Wildman–Crippen LogP) is 3.12. The molecule has 0 aliphatic carbocycles. The number of aromatic nitrogens is 1. The van der Waals surface area contributed by atoms with Crippen LogP contribution in [0, 0.1) is 0 Å². The zero-order valence-corrected chi connectivity index (χ0v) is 10.1. The van der Waals surface area contributed by atoms with Crippen molar-refractivity contribution in [2.75, 3.05) is 5.73 Å². The molecule has 0 saturated heterocycles. The number of nitrogen functional groups attached to an aromatic ring is 1. The van der Waals surface area contributed by atoms with Crippen LogP contribution in [0.25, 0.3) is 11.1 Å². The molecule has 1 aromatic heterocycles. The minimum Gasteiger partial charge on any atom is -0.491 e. The first-order valence-corrected chi connectivity index (χ1v) is 5.64. The number of benzene rings is 1. The summed E-state index contributed by atoms with van der Waals surface area (Å²) >= 11 is 0. The lowest BCUT2D eigenvalue weighted by atomic mass is 10.1. The normalized spacial score (nSPS) is 10.5. The van der Waals surface area contributed by atoms with E-state index in [2.05, 4.69) is 4.98 Å². The third-order valence-electron chi connectivity index (χ3n) is 2.33. The van der Waals surface area contributed by atoms with Gasteiger partial charge in [-0.15, -0.1) is 0 Å². The number of hydrogen-bond acceptors (Lipinski definition) is 3. The number of nitrogens with two attached hydrogens (primary N) is 1. The van der Waals surface area contributed by atoms with Gasteiger partial charge in [-0.2, -0.15) is 0 Å². The number of anilines is 1. The SMILES string of the molecule is CC(C)Oc1cccc(-c2ccc(N)nc2)c1. The first-order valence-electron chi connectivity index (χ1n) is 5.64. The minimum atomic E-state index is 0.176. The minimum absolute atomic E-state index is 0.176.